The summed E-state index contributed by atoms with van der Waals surface area (Å²) in [6, 6.07) is 1.28. The number of ether oxygens (including phenoxy) is 2. The molecule has 0 unspecified atom stereocenters. The van der Waals surface area contributed by atoms with Gasteiger partial charge >= 0.3 is 0 Å². The lowest BCUT2D eigenvalue weighted by molar-refractivity contribution is -0.117. The largest absolute Gasteiger partial charge is 0.480 e. The third-order valence-electron chi connectivity index (χ3n) is 6.44. The van der Waals surface area contributed by atoms with E-state index in [-0.39, 0.29) is 28.8 Å². The molecule has 12 heteroatoms. The first-order valence-electron chi connectivity index (χ1n) is 11.8. The van der Waals surface area contributed by atoms with Gasteiger partial charge in [0.1, 0.15) is 4.90 Å². The van der Waals surface area contributed by atoms with Gasteiger partial charge in [-0.15, -0.1) is 0 Å². The van der Waals surface area contributed by atoms with Crippen molar-refractivity contribution in [3.63, 3.8) is 0 Å². The highest BCUT2D eigenvalue weighted by atomic mass is 32.2. The van der Waals surface area contributed by atoms with Gasteiger partial charge in [-0.05, 0) is 57.4 Å². The van der Waals surface area contributed by atoms with Crippen LogP contribution in [0.1, 0.15) is 50.6 Å². The molecule has 4 rings (SSSR count). The topological polar surface area (TPSA) is 140 Å². The van der Waals surface area contributed by atoms with E-state index in [0.717, 1.165) is 17.7 Å². The number of nitrogens with one attached hydrogen (secondary N) is 2. The molecule has 3 N–H and O–H groups in total. The van der Waals surface area contributed by atoms with E-state index in [1.165, 1.54) is 24.5 Å². The van der Waals surface area contributed by atoms with Crippen LogP contribution in [0.25, 0.3) is 10.4 Å². The molecule has 10 nitrogen and oxygen atoms in total. The van der Waals surface area contributed by atoms with Crippen molar-refractivity contribution < 1.29 is 27.8 Å². The minimum Gasteiger partial charge on any atom is -0.480 e. The number of nitrogens with zero attached hydrogens (tertiary/aromatic N) is 2. The van der Waals surface area contributed by atoms with Gasteiger partial charge in [0.15, 0.2) is 5.13 Å². The molecule has 192 valence electrons. The first-order chi connectivity index (χ1) is 16.7. The number of rotatable bonds is 8. The van der Waals surface area contributed by atoms with Crippen molar-refractivity contribution in [2.24, 2.45) is 5.92 Å². The zero-order valence-electron chi connectivity index (χ0n) is 20.0. The Morgan fingerprint density at radius 1 is 1.23 bits per heavy atom. The molecule has 0 bridgehead atoms. The lowest BCUT2D eigenvalue weighted by Crippen LogP contribution is -2.38. The van der Waals surface area contributed by atoms with Crippen molar-refractivity contribution in [3.8, 4) is 16.3 Å². The zero-order valence-corrected chi connectivity index (χ0v) is 21.6. The van der Waals surface area contributed by atoms with Crippen molar-refractivity contribution >= 4 is 32.4 Å². The first kappa shape index (κ1) is 26.0. The van der Waals surface area contributed by atoms with Gasteiger partial charge in [0.2, 0.25) is 21.8 Å². The van der Waals surface area contributed by atoms with E-state index in [0.29, 0.717) is 67.6 Å². The summed E-state index contributed by atoms with van der Waals surface area (Å²) >= 11 is 1.28. The van der Waals surface area contributed by atoms with E-state index in [1.54, 1.807) is 6.20 Å². The summed E-state index contributed by atoms with van der Waals surface area (Å²) in [6.07, 6.45) is 5.60. The maximum Gasteiger partial charge on any atom is 0.246 e. The smallest absolute Gasteiger partial charge is 0.246 e. The predicted molar refractivity (Wildman–Crippen MR) is 132 cm³/mol. The van der Waals surface area contributed by atoms with E-state index < -0.39 is 10.0 Å². The number of aryl methyl sites for hydroxylation is 1. The van der Waals surface area contributed by atoms with E-state index in [9.17, 15) is 18.3 Å². The summed E-state index contributed by atoms with van der Waals surface area (Å²) in [7, 11) is -2.53. The van der Waals surface area contributed by atoms with Crippen LogP contribution in [-0.2, 0) is 19.6 Å². The summed E-state index contributed by atoms with van der Waals surface area (Å²) in [5, 5.41) is 13.1. The minimum atomic E-state index is -3.91. The summed E-state index contributed by atoms with van der Waals surface area (Å²) in [6.45, 7) is 3.18. The van der Waals surface area contributed by atoms with Gasteiger partial charge in [0.05, 0.1) is 23.8 Å². The van der Waals surface area contributed by atoms with E-state index in [4.69, 9.17) is 9.47 Å². The molecule has 3 heterocycles. The van der Waals surface area contributed by atoms with Gasteiger partial charge in [0.25, 0.3) is 0 Å². The summed E-state index contributed by atoms with van der Waals surface area (Å²) in [5.74, 6) is 0.224. The molecule has 0 aromatic carbocycles. The quantitative estimate of drug-likeness (QED) is 0.479. The van der Waals surface area contributed by atoms with Crippen molar-refractivity contribution in [3.05, 3.63) is 18.0 Å². The number of aliphatic hydroxyl groups is 1. The number of methoxy groups -OCH3 is 1. The van der Waals surface area contributed by atoms with Crippen LogP contribution in [-0.4, -0.2) is 61.9 Å². The van der Waals surface area contributed by atoms with Crippen molar-refractivity contribution in [2.75, 3.05) is 25.6 Å². The molecular formula is C23H32N4O6S2. The van der Waals surface area contributed by atoms with Gasteiger partial charge in [0, 0.05) is 37.4 Å². The Bertz CT molecular complexity index is 1140. The van der Waals surface area contributed by atoms with Gasteiger partial charge in [-0.3, -0.25) is 4.79 Å². The molecule has 2 aromatic heterocycles. The number of carbonyl (C=O) groups excluding carboxylic acids is 1. The fourth-order valence-corrected chi connectivity index (χ4v) is 6.89. The highest BCUT2D eigenvalue weighted by Crippen LogP contribution is 2.36. The lowest BCUT2D eigenvalue weighted by atomic mass is 9.94. The van der Waals surface area contributed by atoms with Crippen LogP contribution in [0.5, 0.6) is 5.88 Å². The minimum absolute atomic E-state index is 0.00394. The number of sulfonamides is 1. The number of thiazole rings is 1. The second-order valence-electron chi connectivity index (χ2n) is 9.10. The maximum absolute atomic E-state index is 13.2. The molecule has 1 aliphatic heterocycles. The van der Waals surface area contributed by atoms with Crippen LogP contribution in [0.3, 0.4) is 0 Å². The van der Waals surface area contributed by atoms with Crippen LogP contribution in [0.15, 0.2) is 17.2 Å². The standard InChI is InChI=1S/C23H32N4O6S2/c1-14-21(34-23(25-14)26-20(29)11-15-7-9-33-10-8-15)16-12-19(22(32-2)24-13-16)35(30,31)27-17-3-5-18(28)6-4-17/h12-13,15,17-18,27-28H,3-11H2,1-2H3,(H,25,26,29)/t17-,18+. The van der Waals surface area contributed by atoms with Crippen LogP contribution in [0.2, 0.25) is 0 Å². The Morgan fingerprint density at radius 3 is 2.63 bits per heavy atom. The number of hydrogen-bond donors (Lipinski definition) is 3. The summed E-state index contributed by atoms with van der Waals surface area (Å²) in [5.41, 5.74) is 1.24. The number of carbonyl (C=O) groups is 1. The average molecular weight is 525 g/mol. The Labute approximate surface area is 209 Å². The molecule has 0 spiro atoms. The molecule has 2 fully saturated rings. The molecule has 1 saturated carbocycles. The second-order valence-corrected chi connectivity index (χ2v) is 11.8. The molecule has 1 aliphatic carbocycles. The van der Waals surface area contributed by atoms with Gasteiger partial charge in [-0.2, -0.15) is 0 Å². The third kappa shape index (κ3) is 6.56. The molecule has 0 atom stereocenters. The van der Waals surface area contributed by atoms with E-state index in [2.05, 4.69) is 20.0 Å². The number of amides is 1. The first-order valence-corrected chi connectivity index (χ1v) is 14.1. The molecule has 35 heavy (non-hydrogen) atoms. The number of hydrogen-bond acceptors (Lipinski definition) is 9. The summed E-state index contributed by atoms with van der Waals surface area (Å²) in [4.78, 5) is 21.9. The maximum atomic E-state index is 13.2. The molecular weight excluding hydrogens is 492 g/mol. The SMILES string of the molecule is COc1ncc(-c2sc(NC(=O)CC3CCOCC3)nc2C)cc1S(=O)(=O)N[C@H]1CC[C@@H](O)CC1. The van der Waals surface area contributed by atoms with Gasteiger partial charge in [-0.1, -0.05) is 11.3 Å². The van der Waals surface area contributed by atoms with Crippen LogP contribution < -0.4 is 14.8 Å². The average Bonchev–Trinajstić information content (AvgIpc) is 3.20. The molecule has 2 aliphatic rings. The van der Waals surface area contributed by atoms with E-state index in [1.807, 2.05) is 6.92 Å². The van der Waals surface area contributed by atoms with Crippen LogP contribution >= 0.6 is 11.3 Å². The lowest BCUT2D eigenvalue weighted by Gasteiger charge is -2.26. The number of pyridine rings is 1. The predicted octanol–water partition coefficient (Wildman–Crippen LogP) is 2.86. The highest BCUT2D eigenvalue weighted by Gasteiger charge is 2.28. The Kier molecular flexibility index (Phi) is 8.38. The Balaban J connectivity index is 1.51. The van der Waals surface area contributed by atoms with E-state index >= 15 is 0 Å². The van der Waals surface area contributed by atoms with Gasteiger partial charge < -0.3 is 19.9 Å². The molecule has 1 saturated heterocycles. The van der Waals surface area contributed by atoms with Crippen LogP contribution in [0.4, 0.5) is 5.13 Å². The Hall–Kier alpha value is -2.12. The number of aliphatic hydroxyl groups excluding tert-OH is 1. The van der Waals surface area contributed by atoms with Crippen molar-refractivity contribution in [1.29, 1.82) is 0 Å². The number of aromatic nitrogens is 2. The van der Waals surface area contributed by atoms with Crippen molar-refractivity contribution in [2.45, 2.75) is 68.9 Å². The molecule has 1 amide bonds. The monoisotopic (exact) mass is 524 g/mol. The normalized spacial score (nSPS) is 21.6. The number of anilines is 1. The highest BCUT2D eigenvalue weighted by molar-refractivity contribution is 7.89. The van der Waals surface area contributed by atoms with Gasteiger partial charge in [-0.25, -0.2) is 23.1 Å². The van der Waals surface area contributed by atoms with Crippen LogP contribution in [0, 0.1) is 12.8 Å². The van der Waals surface area contributed by atoms with Crippen molar-refractivity contribution in [1.82, 2.24) is 14.7 Å². The fourth-order valence-electron chi connectivity index (χ4n) is 4.48. The third-order valence-corrected chi connectivity index (χ3v) is 9.08. The summed E-state index contributed by atoms with van der Waals surface area (Å²) < 4.78 is 39.7. The second kappa shape index (κ2) is 11.3. The Morgan fingerprint density at radius 2 is 1.94 bits per heavy atom. The zero-order chi connectivity index (χ0) is 25.0. The molecule has 2 aromatic rings. The fraction of sp³-hybridized carbons (Fsp3) is 0.609. The molecule has 0 radical (unpaired) electrons.